The molecule has 0 spiro atoms. The number of nitrogens with one attached hydrogen (secondary N) is 1. The Morgan fingerprint density at radius 2 is 1.48 bits per heavy atom. The quantitative estimate of drug-likeness (QED) is 0.303. The standard InChI is InChI=1S/C30H21N3/c1-2-8-20(9-3-1)22-15-17-26(31-19-22)21-14-16-24-25(18-21)23-10-4-6-12-28(23)33-29-13-7-5-11-27(29)32-30(24)33/h1-19,26,31H. The van der Waals surface area contributed by atoms with E-state index in [-0.39, 0.29) is 6.04 Å². The molecule has 0 fully saturated rings. The molecule has 1 N–H and O–H groups in total. The molecule has 0 saturated carbocycles. The number of imidazole rings is 1. The van der Waals surface area contributed by atoms with Crippen molar-refractivity contribution in [3.05, 3.63) is 127 Å². The highest BCUT2D eigenvalue weighted by Gasteiger charge is 2.16. The van der Waals surface area contributed by atoms with Crippen molar-refractivity contribution in [2.45, 2.75) is 6.04 Å². The van der Waals surface area contributed by atoms with Gasteiger partial charge in [0.05, 0.1) is 22.6 Å². The molecule has 156 valence electrons. The summed E-state index contributed by atoms with van der Waals surface area (Å²) in [5.41, 5.74) is 8.02. The summed E-state index contributed by atoms with van der Waals surface area (Å²) in [6, 6.07) is 34.4. The minimum Gasteiger partial charge on any atom is -0.380 e. The monoisotopic (exact) mass is 423 g/mol. The summed E-state index contributed by atoms with van der Waals surface area (Å²) in [6.45, 7) is 0. The predicted molar refractivity (Wildman–Crippen MR) is 137 cm³/mol. The van der Waals surface area contributed by atoms with Crippen LogP contribution in [0.15, 0.2) is 115 Å². The van der Waals surface area contributed by atoms with E-state index in [2.05, 4.69) is 119 Å². The van der Waals surface area contributed by atoms with Crippen molar-refractivity contribution in [1.29, 1.82) is 0 Å². The Bertz CT molecular complexity index is 1740. The van der Waals surface area contributed by atoms with Crippen molar-refractivity contribution in [3.8, 4) is 0 Å². The minimum absolute atomic E-state index is 0.135. The molecule has 1 aliphatic heterocycles. The number of rotatable bonds is 2. The van der Waals surface area contributed by atoms with Crippen molar-refractivity contribution in [2.24, 2.45) is 0 Å². The minimum atomic E-state index is 0.135. The van der Waals surface area contributed by atoms with Crippen LogP contribution in [0.5, 0.6) is 0 Å². The Morgan fingerprint density at radius 1 is 0.697 bits per heavy atom. The maximum atomic E-state index is 5.00. The fourth-order valence-corrected chi connectivity index (χ4v) is 5.02. The van der Waals surface area contributed by atoms with Crippen LogP contribution in [0.4, 0.5) is 0 Å². The second-order valence-corrected chi connectivity index (χ2v) is 8.55. The van der Waals surface area contributed by atoms with Crippen LogP contribution in [-0.2, 0) is 0 Å². The fourth-order valence-electron chi connectivity index (χ4n) is 5.02. The summed E-state index contributed by atoms with van der Waals surface area (Å²) < 4.78 is 2.29. The number of allylic oxidation sites excluding steroid dienone is 2. The number of benzene rings is 4. The highest BCUT2D eigenvalue weighted by atomic mass is 15.0. The molecule has 1 unspecified atom stereocenters. The Kier molecular flexibility index (Phi) is 3.91. The summed E-state index contributed by atoms with van der Waals surface area (Å²) in [5.74, 6) is 0. The van der Waals surface area contributed by atoms with Gasteiger partial charge < -0.3 is 5.32 Å². The zero-order chi connectivity index (χ0) is 21.8. The second-order valence-electron chi connectivity index (χ2n) is 8.55. The van der Waals surface area contributed by atoms with Gasteiger partial charge in [0.15, 0.2) is 0 Å². The molecule has 0 bridgehead atoms. The summed E-state index contributed by atoms with van der Waals surface area (Å²) in [4.78, 5) is 5.00. The zero-order valence-electron chi connectivity index (χ0n) is 17.9. The van der Waals surface area contributed by atoms with E-state index in [0.29, 0.717) is 0 Å². The van der Waals surface area contributed by atoms with Gasteiger partial charge in [-0.25, -0.2) is 4.98 Å². The lowest BCUT2D eigenvalue weighted by Crippen LogP contribution is -2.16. The van der Waals surface area contributed by atoms with Gasteiger partial charge in [-0.1, -0.05) is 84.9 Å². The molecular formula is C30H21N3. The molecule has 3 nitrogen and oxygen atoms in total. The van der Waals surface area contributed by atoms with Gasteiger partial charge in [-0.2, -0.15) is 0 Å². The van der Waals surface area contributed by atoms with Gasteiger partial charge in [0, 0.05) is 17.0 Å². The van der Waals surface area contributed by atoms with Crippen molar-refractivity contribution in [1.82, 2.24) is 14.7 Å². The molecule has 33 heavy (non-hydrogen) atoms. The van der Waals surface area contributed by atoms with Crippen molar-refractivity contribution in [2.75, 3.05) is 0 Å². The zero-order valence-corrected chi connectivity index (χ0v) is 17.9. The van der Waals surface area contributed by atoms with E-state index in [1.165, 1.54) is 38.4 Å². The largest absolute Gasteiger partial charge is 0.380 e. The average Bonchev–Trinajstić information content (AvgIpc) is 3.29. The van der Waals surface area contributed by atoms with Crippen molar-refractivity contribution < 1.29 is 0 Å². The summed E-state index contributed by atoms with van der Waals surface area (Å²) in [7, 11) is 0. The van der Waals surface area contributed by atoms with Gasteiger partial charge in [0.2, 0.25) is 0 Å². The third-order valence-electron chi connectivity index (χ3n) is 6.63. The number of pyridine rings is 1. The first-order chi connectivity index (χ1) is 16.4. The second kappa shape index (κ2) is 7.07. The molecule has 4 aromatic carbocycles. The van der Waals surface area contributed by atoms with Crippen molar-refractivity contribution in [3.63, 3.8) is 0 Å². The van der Waals surface area contributed by atoms with Crippen LogP contribution in [0.1, 0.15) is 17.2 Å². The number of hydrogen-bond donors (Lipinski definition) is 1. The molecular weight excluding hydrogens is 402 g/mol. The first kappa shape index (κ1) is 18.2. The van der Waals surface area contributed by atoms with Gasteiger partial charge in [-0.15, -0.1) is 0 Å². The highest BCUT2D eigenvalue weighted by molar-refractivity contribution is 6.14. The third-order valence-corrected chi connectivity index (χ3v) is 6.63. The molecule has 3 heterocycles. The summed E-state index contributed by atoms with van der Waals surface area (Å²) >= 11 is 0. The number of hydrogen-bond acceptors (Lipinski definition) is 2. The Labute approximate surface area is 191 Å². The molecule has 0 saturated heterocycles. The average molecular weight is 424 g/mol. The van der Waals surface area contributed by atoms with Crippen molar-refractivity contribution >= 4 is 43.9 Å². The Hall–Kier alpha value is -4.37. The summed E-state index contributed by atoms with van der Waals surface area (Å²) in [5, 5.41) is 7.24. The number of para-hydroxylation sites is 3. The van der Waals surface area contributed by atoms with Crippen LogP contribution in [0.2, 0.25) is 0 Å². The lowest BCUT2D eigenvalue weighted by Gasteiger charge is -2.20. The van der Waals surface area contributed by atoms with E-state index >= 15 is 0 Å². The van der Waals surface area contributed by atoms with Crippen LogP contribution in [-0.4, -0.2) is 9.38 Å². The Balaban J connectivity index is 1.40. The van der Waals surface area contributed by atoms with E-state index in [0.717, 1.165) is 16.7 Å². The fraction of sp³-hybridized carbons (Fsp3) is 0.0333. The van der Waals surface area contributed by atoms with Gasteiger partial charge in [0.25, 0.3) is 0 Å². The maximum absolute atomic E-state index is 5.00. The molecule has 0 aliphatic carbocycles. The molecule has 0 radical (unpaired) electrons. The van der Waals surface area contributed by atoms with Crippen LogP contribution in [0, 0.1) is 0 Å². The van der Waals surface area contributed by atoms with Crippen LogP contribution in [0.3, 0.4) is 0 Å². The molecule has 1 atom stereocenters. The summed E-state index contributed by atoms with van der Waals surface area (Å²) in [6.07, 6.45) is 6.57. The molecule has 3 heteroatoms. The molecule has 0 amide bonds. The number of fused-ring (bicyclic) bond motifs is 8. The maximum Gasteiger partial charge on any atom is 0.146 e. The van der Waals surface area contributed by atoms with Gasteiger partial charge in [0.1, 0.15) is 5.65 Å². The van der Waals surface area contributed by atoms with Gasteiger partial charge >= 0.3 is 0 Å². The SMILES string of the molecule is C1=CC(c2ccc3c(c2)c2ccccc2n2c4ccccc4nc32)NC=C1c1ccccc1. The van der Waals surface area contributed by atoms with Gasteiger partial charge in [-0.05, 0) is 46.4 Å². The molecule has 6 aromatic rings. The normalized spacial score (nSPS) is 15.9. The van der Waals surface area contributed by atoms with Crippen LogP contribution >= 0.6 is 0 Å². The highest BCUT2D eigenvalue weighted by Crippen LogP contribution is 2.34. The lowest BCUT2D eigenvalue weighted by molar-refractivity contribution is 0.750. The Morgan fingerprint density at radius 3 is 2.33 bits per heavy atom. The molecule has 1 aliphatic rings. The van der Waals surface area contributed by atoms with Crippen LogP contribution in [0.25, 0.3) is 43.9 Å². The van der Waals surface area contributed by atoms with Crippen LogP contribution < -0.4 is 5.32 Å². The van der Waals surface area contributed by atoms with E-state index in [1.54, 1.807) is 0 Å². The first-order valence-corrected chi connectivity index (χ1v) is 11.3. The van der Waals surface area contributed by atoms with E-state index in [4.69, 9.17) is 4.98 Å². The number of nitrogens with zero attached hydrogens (tertiary/aromatic N) is 2. The third kappa shape index (κ3) is 2.79. The first-order valence-electron chi connectivity index (χ1n) is 11.3. The van der Waals surface area contributed by atoms with E-state index in [1.807, 2.05) is 6.07 Å². The van der Waals surface area contributed by atoms with E-state index < -0.39 is 0 Å². The number of dihydropyridines is 1. The molecule has 7 rings (SSSR count). The van der Waals surface area contributed by atoms with Gasteiger partial charge in [-0.3, -0.25) is 4.40 Å². The topological polar surface area (TPSA) is 29.3 Å². The molecule has 2 aromatic heterocycles. The smallest absolute Gasteiger partial charge is 0.146 e. The van der Waals surface area contributed by atoms with E-state index in [9.17, 15) is 0 Å². The number of aromatic nitrogens is 2. The predicted octanol–water partition coefficient (Wildman–Crippen LogP) is 7.04. The lowest BCUT2D eigenvalue weighted by atomic mass is 9.96.